The van der Waals surface area contributed by atoms with Gasteiger partial charge in [0.25, 0.3) is 0 Å². The highest BCUT2D eigenvalue weighted by Crippen LogP contribution is 2.27. The summed E-state index contributed by atoms with van der Waals surface area (Å²) in [6.07, 6.45) is -0.534. The van der Waals surface area contributed by atoms with Gasteiger partial charge in [0.2, 0.25) is 0 Å². The van der Waals surface area contributed by atoms with Gasteiger partial charge in [-0.1, -0.05) is 25.2 Å². The van der Waals surface area contributed by atoms with Gasteiger partial charge in [-0.2, -0.15) is 0 Å². The topological polar surface area (TPSA) is 95.9 Å². The minimum Gasteiger partial charge on any atom is -0.321 e. The number of likely N-dealkylation sites (tertiary alicyclic amines) is 1. The highest BCUT2D eigenvalue weighted by Gasteiger charge is 2.31. The summed E-state index contributed by atoms with van der Waals surface area (Å²) >= 11 is 1.51. The lowest BCUT2D eigenvalue weighted by Gasteiger charge is -2.35. The number of nitrogens with zero attached hydrogens (tertiary/aromatic N) is 5. The normalized spacial score (nSPS) is 19.4. The van der Waals surface area contributed by atoms with Crippen LogP contribution in [0.3, 0.4) is 0 Å². The smallest absolute Gasteiger partial charge is 0.321 e. The maximum atomic E-state index is 14.5. The summed E-state index contributed by atoms with van der Waals surface area (Å²) in [4.78, 5) is 14.1. The van der Waals surface area contributed by atoms with Crippen molar-refractivity contribution >= 4 is 34.1 Å². The number of aromatic nitrogens is 4. The lowest BCUT2D eigenvalue weighted by molar-refractivity contribution is 0.119. The Morgan fingerprint density at radius 2 is 2.07 bits per heavy atom. The highest BCUT2D eigenvalue weighted by molar-refractivity contribution is 7.14. The van der Waals surface area contributed by atoms with Crippen LogP contribution >= 0.6 is 11.3 Å². The number of aryl methyl sites for hydroxylation is 1. The van der Waals surface area contributed by atoms with Gasteiger partial charge in [-0.25, -0.2) is 9.18 Å². The van der Waals surface area contributed by atoms with Crippen molar-refractivity contribution in [3.05, 3.63) is 29.3 Å². The molecule has 1 aliphatic heterocycles. The van der Waals surface area contributed by atoms with Crippen molar-refractivity contribution < 1.29 is 9.18 Å². The molecular formula is C20H24FN7OS. The second-order valence-electron chi connectivity index (χ2n) is 7.74. The standard InChI is InChI=1S/C20H24FN7OS/c1-11(2)22-17-6-7-28(10-15(17)21)20(29)23-18-9-14-8-13(4-5-16(14)25-26-18)19-27-24-12(3)30-19/h4-5,8-9,11,15,17,22H,6-7,10H2,1-3H3,(H,23,26,29)/t15-,17-/m0/s1. The quantitative estimate of drug-likeness (QED) is 0.660. The highest BCUT2D eigenvalue weighted by atomic mass is 32.1. The Bertz CT molecular complexity index is 1060. The zero-order chi connectivity index (χ0) is 21.3. The van der Waals surface area contributed by atoms with Crippen LogP contribution in [-0.2, 0) is 0 Å². The molecule has 158 valence electrons. The Balaban J connectivity index is 1.46. The second-order valence-corrected chi connectivity index (χ2v) is 8.92. The third kappa shape index (κ3) is 4.54. The van der Waals surface area contributed by atoms with Crippen LogP contribution in [0.4, 0.5) is 15.0 Å². The minimum absolute atomic E-state index is 0.0533. The molecule has 2 aromatic heterocycles. The van der Waals surface area contributed by atoms with Crippen LogP contribution in [0.2, 0.25) is 0 Å². The number of hydrogen-bond donors (Lipinski definition) is 2. The van der Waals surface area contributed by atoms with Gasteiger partial charge in [0.05, 0.1) is 12.1 Å². The van der Waals surface area contributed by atoms with E-state index in [1.54, 1.807) is 6.07 Å². The van der Waals surface area contributed by atoms with Gasteiger partial charge >= 0.3 is 6.03 Å². The first-order chi connectivity index (χ1) is 14.4. The fraction of sp³-hybridized carbons (Fsp3) is 0.450. The molecule has 0 bridgehead atoms. The molecule has 4 rings (SSSR count). The van der Waals surface area contributed by atoms with E-state index in [4.69, 9.17) is 0 Å². The van der Waals surface area contributed by atoms with Gasteiger partial charge in [-0.3, -0.25) is 5.32 Å². The number of carbonyl (C=O) groups is 1. The maximum absolute atomic E-state index is 14.5. The molecule has 10 heteroatoms. The van der Waals surface area contributed by atoms with Gasteiger partial charge in [0, 0.05) is 29.6 Å². The molecule has 1 fully saturated rings. The van der Waals surface area contributed by atoms with E-state index in [9.17, 15) is 9.18 Å². The number of fused-ring (bicyclic) bond motifs is 1. The van der Waals surface area contributed by atoms with E-state index in [0.29, 0.717) is 24.3 Å². The summed E-state index contributed by atoms with van der Waals surface area (Å²) in [6, 6.07) is 7.10. The largest absolute Gasteiger partial charge is 0.323 e. The first-order valence-corrected chi connectivity index (χ1v) is 10.7. The minimum atomic E-state index is -1.10. The Morgan fingerprint density at radius 3 is 2.77 bits per heavy atom. The first-order valence-electron chi connectivity index (χ1n) is 9.93. The van der Waals surface area contributed by atoms with Crippen molar-refractivity contribution in [3.63, 3.8) is 0 Å². The van der Waals surface area contributed by atoms with Crippen LogP contribution in [0.5, 0.6) is 0 Å². The van der Waals surface area contributed by atoms with Crippen LogP contribution in [0.15, 0.2) is 24.3 Å². The average molecular weight is 430 g/mol. The zero-order valence-corrected chi connectivity index (χ0v) is 17.9. The van der Waals surface area contributed by atoms with E-state index in [-0.39, 0.29) is 24.7 Å². The number of alkyl halides is 1. The summed E-state index contributed by atoms with van der Waals surface area (Å²) in [7, 11) is 0. The molecule has 0 saturated carbocycles. The average Bonchev–Trinajstić information content (AvgIpc) is 3.15. The van der Waals surface area contributed by atoms with E-state index < -0.39 is 6.17 Å². The number of benzene rings is 1. The van der Waals surface area contributed by atoms with E-state index in [0.717, 1.165) is 21.0 Å². The Kier molecular flexibility index (Phi) is 5.87. The molecule has 0 spiro atoms. The predicted molar refractivity (Wildman–Crippen MR) is 115 cm³/mol. The van der Waals surface area contributed by atoms with Gasteiger partial charge in [0.15, 0.2) is 5.82 Å². The molecule has 0 radical (unpaired) electrons. The molecule has 0 unspecified atom stereocenters. The van der Waals surface area contributed by atoms with Gasteiger partial charge < -0.3 is 10.2 Å². The third-order valence-electron chi connectivity index (χ3n) is 4.97. The number of piperidine rings is 1. The lowest BCUT2D eigenvalue weighted by Crippen LogP contribution is -2.54. The van der Waals surface area contributed by atoms with Gasteiger partial charge in [-0.15, -0.1) is 20.4 Å². The number of carbonyl (C=O) groups excluding carboxylic acids is 1. The molecule has 2 amide bonds. The lowest BCUT2D eigenvalue weighted by atomic mass is 10.0. The molecule has 2 N–H and O–H groups in total. The predicted octanol–water partition coefficient (Wildman–Crippen LogP) is 3.40. The summed E-state index contributed by atoms with van der Waals surface area (Å²) < 4.78 is 14.5. The van der Waals surface area contributed by atoms with Crippen molar-refractivity contribution in [1.82, 2.24) is 30.6 Å². The first kappa shape index (κ1) is 20.5. The Labute approximate surface area is 177 Å². The van der Waals surface area contributed by atoms with Gasteiger partial charge in [0.1, 0.15) is 16.2 Å². The van der Waals surface area contributed by atoms with Gasteiger partial charge in [-0.05, 0) is 37.6 Å². The summed E-state index contributed by atoms with van der Waals surface area (Å²) in [5.41, 5.74) is 1.64. The van der Waals surface area contributed by atoms with Crippen molar-refractivity contribution in [2.24, 2.45) is 0 Å². The monoisotopic (exact) mass is 429 g/mol. The number of rotatable bonds is 4. The van der Waals surface area contributed by atoms with Crippen molar-refractivity contribution in [2.75, 3.05) is 18.4 Å². The molecule has 1 saturated heterocycles. The molecule has 30 heavy (non-hydrogen) atoms. The number of amides is 2. The maximum Gasteiger partial charge on any atom is 0.323 e. The number of nitrogens with one attached hydrogen (secondary N) is 2. The van der Waals surface area contributed by atoms with E-state index in [1.807, 2.05) is 39.0 Å². The summed E-state index contributed by atoms with van der Waals surface area (Å²) in [6.45, 7) is 6.42. The van der Waals surface area contributed by atoms with Crippen LogP contribution < -0.4 is 10.6 Å². The fourth-order valence-corrected chi connectivity index (χ4v) is 4.23. The summed E-state index contributed by atoms with van der Waals surface area (Å²) in [5, 5.41) is 25.0. The van der Waals surface area contributed by atoms with Crippen LogP contribution in [0, 0.1) is 6.92 Å². The van der Waals surface area contributed by atoms with Crippen LogP contribution in [-0.4, -0.2) is 62.7 Å². The summed E-state index contributed by atoms with van der Waals surface area (Å²) in [5.74, 6) is 0.330. The van der Waals surface area contributed by atoms with E-state index >= 15 is 0 Å². The number of urea groups is 1. The van der Waals surface area contributed by atoms with Crippen molar-refractivity contribution in [2.45, 2.75) is 45.4 Å². The van der Waals surface area contributed by atoms with Crippen LogP contribution in [0.25, 0.3) is 21.5 Å². The SMILES string of the molecule is Cc1nnc(-c2ccc3nnc(NC(=O)N4CC[C@H](NC(C)C)[C@@H](F)C4)cc3c2)s1. The third-order valence-corrected chi connectivity index (χ3v) is 5.86. The molecule has 3 aromatic rings. The number of halogens is 1. The molecule has 0 aliphatic carbocycles. The number of anilines is 1. The Morgan fingerprint density at radius 1 is 1.23 bits per heavy atom. The zero-order valence-electron chi connectivity index (χ0n) is 17.1. The fourth-order valence-electron chi connectivity index (χ4n) is 3.55. The van der Waals surface area contributed by atoms with Crippen molar-refractivity contribution in [3.8, 4) is 10.6 Å². The van der Waals surface area contributed by atoms with Crippen LogP contribution in [0.1, 0.15) is 25.3 Å². The molecule has 1 aliphatic rings. The molecular weight excluding hydrogens is 405 g/mol. The van der Waals surface area contributed by atoms with E-state index in [2.05, 4.69) is 31.0 Å². The van der Waals surface area contributed by atoms with E-state index in [1.165, 1.54) is 16.2 Å². The molecule has 3 heterocycles. The Hall–Kier alpha value is -2.72. The van der Waals surface area contributed by atoms with Crippen molar-refractivity contribution in [1.29, 1.82) is 0 Å². The molecule has 1 aromatic carbocycles. The second kappa shape index (κ2) is 8.57. The molecule has 2 atom stereocenters. The molecule has 8 nitrogen and oxygen atoms in total. The number of hydrogen-bond acceptors (Lipinski definition) is 7.